The molecule has 1 amide bonds. The molecule has 6 nitrogen and oxygen atoms in total. The Kier molecular flexibility index (Phi) is 6.04. The minimum Gasteiger partial charge on any atom is -0.495 e. The lowest BCUT2D eigenvalue weighted by Crippen LogP contribution is -2.27. The van der Waals surface area contributed by atoms with Gasteiger partial charge in [-0.25, -0.2) is 18.6 Å². The van der Waals surface area contributed by atoms with E-state index in [1.54, 1.807) is 20.8 Å². The number of aromatic nitrogens is 1. The van der Waals surface area contributed by atoms with Crippen LogP contribution in [-0.2, 0) is 9.47 Å². The molecule has 1 aromatic carbocycles. The minimum absolute atomic E-state index is 0.0110. The number of carbonyl (C=O) groups excluding carboxylic acids is 1. The topological polar surface area (TPSA) is 69.7 Å². The summed E-state index contributed by atoms with van der Waals surface area (Å²) in [6, 6.07) is 2.25. The molecule has 9 heteroatoms. The number of nitrogens with one attached hydrogen (secondary N) is 1. The van der Waals surface area contributed by atoms with E-state index in [2.05, 4.69) is 16.9 Å². The third-order valence-corrected chi connectivity index (χ3v) is 4.23. The molecule has 146 valence electrons. The molecule has 0 unspecified atom stereocenters. The van der Waals surface area contributed by atoms with Crippen LogP contribution in [0, 0.1) is 11.6 Å². The van der Waals surface area contributed by atoms with E-state index in [1.165, 1.54) is 20.3 Å². The Labute approximate surface area is 159 Å². The van der Waals surface area contributed by atoms with Crippen LogP contribution >= 0.6 is 11.3 Å². The highest BCUT2D eigenvalue weighted by atomic mass is 32.1. The predicted molar refractivity (Wildman–Crippen MR) is 99.9 cm³/mol. The highest BCUT2D eigenvalue weighted by molar-refractivity contribution is 7.19. The number of halogens is 2. The van der Waals surface area contributed by atoms with Gasteiger partial charge in [-0.3, -0.25) is 5.32 Å². The summed E-state index contributed by atoms with van der Waals surface area (Å²) in [6.07, 6.45) is -0.741. The van der Waals surface area contributed by atoms with Gasteiger partial charge in [-0.1, -0.05) is 17.9 Å². The lowest BCUT2D eigenvalue weighted by atomic mass is 10.2. The van der Waals surface area contributed by atoms with Gasteiger partial charge in [-0.05, 0) is 32.9 Å². The molecule has 0 radical (unpaired) electrons. The highest BCUT2D eigenvalue weighted by Gasteiger charge is 2.25. The third kappa shape index (κ3) is 4.73. The summed E-state index contributed by atoms with van der Waals surface area (Å²) < 4.78 is 44.0. The van der Waals surface area contributed by atoms with Crippen molar-refractivity contribution in [1.82, 2.24) is 4.98 Å². The standard InChI is InChI=1S/C18H20F2N2O4S/c1-9(24-5)14-16(22-17(23)26-18(2,3)4)27-15(21-14)12-10(19)7-8-11(25-6)13(12)20/h7-8H,1H2,2-6H3,(H,22,23). The van der Waals surface area contributed by atoms with E-state index in [1.807, 2.05) is 0 Å². The van der Waals surface area contributed by atoms with Crippen LogP contribution in [0.4, 0.5) is 18.6 Å². The van der Waals surface area contributed by atoms with Crippen LogP contribution in [0.5, 0.6) is 5.75 Å². The van der Waals surface area contributed by atoms with Gasteiger partial charge in [0, 0.05) is 0 Å². The van der Waals surface area contributed by atoms with Gasteiger partial charge < -0.3 is 14.2 Å². The fourth-order valence-corrected chi connectivity index (χ4v) is 3.09. The number of amides is 1. The number of hydrogen-bond acceptors (Lipinski definition) is 6. The van der Waals surface area contributed by atoms with Gasteiger partial charge in [0.2, 0.25) is 0 Å². The molecule has 1 heterocycles. The van der Waals surface area contributed by atoms with E-state index in [0.717, 1.165) is 17.4 Å². The van der Waals surface area contributed by atoms with Crippen molar-refractivity contribution in [2.75, 3.05) is 19.5 Å². The number of rotatable bonds is 5. The second-order valence-corrected chi connectivity index (χ2v) is 7.39. The van der Waals surface area contributed by atoms with Crippen LogP contribution in [0.1, 0.15) is 26.5 Å². The monoisotopic (exact) mass is 398 g/mol. The number of anilines is 1. The molecule has 27 heavy (non-hydrogen) atoms. The molecule has 2 rings (SSSR count). The molecule has 0 bridgehead atoms. The zero-order chi connectivity index (χ0) is 20.4. The Morgan fingerprint density at radius 1 is 1.26 bits per heavy atom. The van der Waals surface area contributed by atoms with Crippen LogP contribution in [0.2, 0.25) is 0 Å². The number of hydrogen-bond donors (Lipinski definition) is 1. The largest absolute Gasteiger partial charge is 0.495 e. The second-order valence-electron chi connectivity index (χ2n) is 6.39. The Bertz CT molecular complexity index is 875. The van der Waals surface area contributed by atoms with Crippen molar-refractivity contribution in [3.8, 4) is 16.3 Å². The van der Waals surface area contributed by atoms with E-state index in [4.69, 9.17) is 14.2 Å². The molecule has 0 fully saturated rings. The van der Waals surface area contributed by atoms with Crippen LogP contribution < -0.4 is 10.1 Å². The second kappa shape index (κ2) is 7.91. The molecule has 0 saturated heterocycles. The average molecular weight is 398 g/mol. The SMILES string of the molecule is C=C(OC)c1nc(-c2c(F)ccc(OC)c2F)sc1NC(=O)OC(C)(C)C. The Hall–Kier alpha value is -2.68. The molecule has 1 aromatic heterocycles. The van der Waals surface area contributed by atoms with Crippen molar-refractivity contribution in [1.29, 1.82) is 0 Å². The molecule has 0 aliphatic rings. The number of carbonyl (C=O) groups is 1. The predicted octanol–water partition coefficient (Wildman–Crippen LogP) is 5.06. The first kappa shape index (κ1) is 20.6. The van der Waals surface area contributed by atoms with E-state index in [-0.39, 0.29) is 32.8 Å². The normalized spacial score (nSPS) is 11.1. The van der Waals surface area contributed by atoms with Crippen molar-refractivity contribution in [2.45, 2.75) is 26.4 Å². The number of ether oxygens (including phenoxy) is 3. The number of benzene rings is 1. The summed E-state index contributed by atoms with van der Waals surface area (Å²) in [5.74, 6) is -1.73. The Balaban J connectivity index is 2.51. The molecule has 0 aliphatic heterocycles. The number of thiazole rings is 1. The molecule has 1 N–H and O–H groups in total. The quantitative estimate of drug-likeness (QED) is 0.713. The lowest BCUT2D eigenvalue weighted by molar-refractivity contribution is 0.0636. The van der Waals surface area contributed by atoms with Crippen LogP contribution in [0.25, 0.3) is 16.3 Å². The van der Waals surface area contributed by atoms with Crippen molar-refractivity contribution in [3.63, 3.8) is 0 Å². The summed E-state index contributed by atoms with van der Waals surface area (Å²) in [5.41, 5.74) is -0.951. The van der Waals surface area contributed by atoms with Crippen molar-refractivity contribution < 1.29 is 27.8 Å². The first-order valence-corrected chi connectivity index (χ1v) is 8.65. The van der Waals surface area contributed by atoms with E-state index < -0.39 is 23.3 Å². The smallest absolute Gasteiger partial charge is 0.412 e. The minimum atomic E-state index is -0.898. The van der Waals surface area contributed by atoms with Crippen LogP contribution in [0.15, 0.2) is 18.7 Å². The Morgan fingerprint density at radius 3 is 2.48 bits per heavy atom. The maximum Gasteiger partial charge on any atom is 0.412 e. The van der Waals surface area contributed by atoms with Gasteiger partial charge in [0.25, 0.3) is 0 Å². The fraction of sp³-hybridized carbons (Fsp3) is 0.333. The van der Waals surface area contributed by atoms with E-state index in [0.29, 0.717) is 0 Å². The zero-order valence-corrected chi connectivity index (χ0v) is 16.4. The molecule has 0 atom stereocenters. The molecule has 0 spiro atoms. The van der Waals surface area contributed by atoms with Crippen LogP contribution in [0.3, 0.4) is 0 Å². The maximum atomic E-state index is 14.6. The summed E-state index contributed by atoms with van der Waals surface area (Å²) in [6.45, 7) is 8.82. The maximum absolute atomic E-state index is 14.6. The molecular formula is C18H20F2N2O4S. The first-order valence-electron chi connectivity index (χ1n) is 7.83. The van der Waals surface area contributed by atoms with E-state index in [9.17, 15) is 13.6 Å². The van der Waals surface area contributed by atoms with Gasteiger partial charge in [0.1, 0.15) is 32.9 Å². The number of methoxy groups -OCH3 is 2. The van der Waals surface area contributed by atoms with Gasteiger partial charge in [-0.15, -0.1) is 0 Å². The van der Waals surface area contributed by atoms with Crippen LogP contribution in [-0.4, -0.2) is 30.9 Å². The molecule has 0 aliphatic carbocycles. The molecule has 2 aromatic rings. The van der Waals surface area contributed by atoms with Crippen molar-refractivity contribution in [3.05, 3.63) is 36.0 Å². The summed E-state index contributed by atoms with van der Waals surface area (Å²) >= 11 is 0.859. The fourth-order valence-electron chi connectivity index (χ4n) is 2.08. The van der Waals surface area contributed by atoms with Gasteiger partial charge in [0.15, 0.2) is 11.6 Å². The molecule has 0 saturated carbocycles. The van der Waals surface area contributed by atoms with Crippen molar-refractivity contribution in [2.24, 2.45) is 0 Å². The number of nitrogens with zero attached hydrogens (tertiary/aromatic N) is 1. The average Bonchev–Trinajstić information content (AvgIpc) is 2.95. The third-order valence-electron chi connectivity index (χ3n) is 3.24. The Morgan fingerprint density at radius 2 is 1.93 bits per heavy atom. The van der Waals surface area contributed by atoms with Gasteiger partial charge in [-0.2, -0.15) is 0 Å². The van der Waals surface area contributed by atoms with Gasteiger partial charge in [0.05, 0.1) is 19.8 Å². The van der Waals surface area contributed by atoms with E-state index >= 15 is 0 Å². The van der Waals surface area contributed by atoms with Crippen molar-refractivity contribution >= 4 is 28.2 Å². The summed E-state index contributed by atoms with van der Waals surface area (Å²) in [5, 5.41) is 2.69. The lowest BCUT2D eigenvalue weighted by Gasteiger charge is -2.19. The summed E-state index contributed by atoms with van der Waals surface area (Å²) in [4.78, 5) is 16.3. The summed E-state index contributed by atoms with van der Waals surface area (Å²) in [7, 11) is 2.64. The first-order chi connectivity index (χ1) is 12.6. The molecular weight excluding hydrogens is 378 g/mol. The highest BCUT2D eigenvalue weighted by Crippen LogP contribution is 2.39. The zero-order valence-electron chi connectivity index (χ0n) is 15.6. The van der Waals surface area contributed by atoms with Gasteiger partial charge >= 0.3 is 6.09 Å².